The summed E-state index contributed by atoms with van der Waals surface area (Å²) in [5.41, 5.74) is 0.473. The van der Waals surface area contributed by atoms with Crippen molar-refractivity contribution in [3.8, 4) is 0 Å². The van der Waals surface area contributed by atoms with Gasteiger partial charge >= 0.3 is 15.5 Å². The molecule has 1 atom stereocenters. The maximum absolute atomic E-state index is 12.1. The van der Waals surface area contributed by atoms with Gasteiger partial charge < -0.3 is 5.73 Å². The summed E-state index contributed by atoms with van der Waals surface area (Å²) in [6.45, 7) is 0. The minimum Gasteiger partial charge on any atom is -0.399 e. The number of hydrogen-bond donors (Lipinski definition) is 1. The lowest BCUT2D eigenvalue weighted by atomic mass is 10.3. The number of nitrogens with two attached hydrogens (primary N) is 1. The quantitative estimate of drug-likeness (QED) is 0.844. The summed E-state index contributed by atoms with van der Waals surface area (Å²) in [4.78, 5) is 0.368. The van der Waals surface area contributed by atoms with E-state index in [1.54, 1.807) is 0 Å². The Morgan fingerprint density at radius 2 is 1.71 bits per heavy atom. The van der Waals surface area contributed by atoms with Crippen molar-refractivity contribution in [3.63, 3.8) is 0 Å². The van der Waals surface area contributed by atoms with Crippen molar-refractivity contribution < 1.29 is 21.6 Å². The number of anilines is 1. The predicted molar refractivity (Wildman–Crippen MR) is 59.8 cm³/mol. The minimum absolute atomic E-state index is 0.368. The average molecular weight is 286 g/mol. The summed E-state index contributed by atoms with van der Waals surface area (Å²) >= 11 is 0. The van der Waals surface area contributed by atoms with E-state index in [2.05, 4.69) is 3.77 Å². The van der Waals surface area contributed by atoms with Gasteiger partial charge in [0, 0.05) is 10.6 Å². The first-order chi connectivity index (χ1) is 7.63. The normalized spacial score (nSPS) is 14.8. The van der Waals surface area contributed by atoms with Crippen molar-refractivity contribution >= 4 is 26.4 Å². The number of halogens is 3. The molecule has 0 aliphatic rings. The third-order valence-corrected chi connectivity index (χ3v) is 4.94. The number of benzene rings is 1. The summed E-state index contributed by atoms with van der Waals surface area (Å²) in [6, 6.07) is 5.81. The second-order valence-electron chi connectivity index (χ2n) is 3.04. The molecule has 0 spiro atoms. The minimum atomic E-state index is -5.45. The summed E-state index contributed by atoms with van der Waals surface area (Å²) in [5, 5.41) is 0. The van der Waals surface area contributed by atoms with E-state index in [-0.39, 0.29) is 0 Å². The van der Waals surface area contributed by atoms with Crippen LogP contribution in [0.5, 0.6) is 0 Å². The van der Waals surface area contributed by atoms with E-state index in [0.717, 1.165) is 0 Å². The van der Waals surface area contributed by atoms with Gasteiger partial charge in [0.25, 0.3) is 0 Å². The van der Waals surface area contributed by atoms with Crippen LogP contribution in [-0.4, -0.2) is 20.2 Å². The highest BCUT2D eigenvalue weighted by Gasteiger charge is 2.46. The Morgan fingerprint density at radius 3 is 2.12 bits per heavy atom. The monoisotopic (exact) mass is 286 g/mol. The van der Waals surface area contributed by atoms with Gasteiger partial charge in [-0.25, -0.2) is 0 Å². The van der Waals surface area contributed by atoms with E-state index in [1.165, 1.54) is 30.5 Å². The molecule has 4 nitrogen and oxygen atoms in total. The van der Waals surface area contributed by atoms with E-state index < -0.39 is 26.2 Å². The van der Waals surface area contributed by atoms with Crippen molar-refractivity contribution in [2.24, 2.45) is 3.77 Å². The molecule has 1 aromatic rings. The van der Waals surface area contributed by atoms with Crippen LogP contribution in [0.3, 0.4) is 0 Å². The van der Waals surface area contributed by atoms with E-state index in [4.69, 9.17) is 5.73 Å². The Kier molecular flexibility index (Phi) is 3.82. The molecule has 1 aromatic carbocycles. The Balaban J connectivity index is 3.14. The topological polar surface area (TPSA) is 72.5 Å². The lowest BCUT2D eigenvalue weighted by Gasteiger charge is -2.06. The molecule has 1 rings (SSSR count). The van der Waals surface area contributed by atoms with E-state index >= 15 is 0 Å². The van der Waals surface area contributed by atoms with Gasteiger partial charge in [-0.2, -0.15) is 21.6 Å². The fraction of sp³-hybridized carbons (Fsp3) is 0.250. The number of rotatable bonds is 2. The Labute approximate surface area is 98.8 Å². The summed E-state index contributed by atoms with van der Waals surface area (Å²) in [7, 11) is -6.85. The molecule has 2 N–H and O–H groups in total. The van der Waals surface area contributed by atoms with Crippen LogP contribution in [0.1, 0.15) is 0 Å². The summed E-state index contributed by atoms with van der Waals surface area (Å²) in [5.74, 6) is 0. The second kappa shape index (κ2) is 4.65. The van der Waals surface area contributed by atoms with Gasteiger partial charge in [-0.15, -0.1) is 3.77 Å². The van der Waals surface area contributed by atoms with Crippen molar-refractivity contribution in [2.45, 2.75) is 10.4 Å². The van der Waals surface area contributed by atoms with Crippen LogP contribution in [0.2, 0.25) is 0 Å². The molecule has 17 heavy (non-hydrogen) atoms. The van der Waals surface area contributed by atoms with Crippen molar-refractivity contribution in [1.82, 2.24) is 0 Å². The number of hydrogen-bond acceptors (Lipinski definition) is 3. The molecule has 0 aromatic heterocycles. The predicted octanol–water partition coefficient (Wildman–Crippen LogP) is 1.91. The van der Waals surface area contributed by atoms with Gasteiger partial charge in [0.15, 0.2) is 0 Å². The van der Waals surface area contributed by atoms with Gasteiger partial charge in [-0.3, -0.25) is 0 Å². The molecule has 9 heteroatoms. The molecule has 0 heterocycles. The first-order valence-electron chi connectivity index (χ1n) is 4.19. The Bertz CT molecular complexity index is 535. The highest BCUT2D eigenvalue weighted by molar-refractivity contribution is 8.00. The van der Waals surface area contributed by atoms with Crippen LogP contribution < -0.4 is 5.73 Å². The molecule has 0 radical (unpaired) electrons. The van der Waals surface area contributed by atoms with Gasteiger partial charge in [-0.1, -0.05) is 10.7 Å². The summed E-state index contributed by atoms with van der Waals surface area (Å²) < 4.78 is 60.6. The van der Waals surface area contributed by atoms with Crippen molar-refractivity contribution in [3.05, 3.63) is 24.3 Å². The average Bonchev–Trinajstić information content (AvgIpc) is 2.16. The van der Waals surface area contributed by atoms with Crippen LogP contribution >= 0.6 is 0 Å². The lowest BCUT2D eigenvalue weighted by molar-refractivity contribution is -0.0434. The highest BCUT2D eigenvalue weighted by Crippen LogP contribution is 2.26. The molecule has 0 saturated heterocycles. The van der Waals surface area contributed by atoms with E-state index in [1.807, 2.05) is 0 Å². The fourth-order valence-electron chi connectivity index (χ4n) is 0.897. The molecular weight excluding hydrogens is 277 g/mol. The standard InChI is InChI=1S/C8H9F3N2O2S2/c1-16(7-4-2-6(12)3-5-7)13-17(14,15)8(9,10)11/h2-5H,12H2,1H3/t16-/m0/s1. The molecular formula is C8H9F3N2O2S2. The number of sulfonamides is 1. The summed E-state index contributed by atoms with van der Waals surface area (Å²) in [6.07, 6.45) is 1.29. The molecule has 0 saturated carbocycles. The molecule has 0 bridgehead atoms. The van der Waals surface area contributed by atoms with Gasteiger partial charge in [0.1, 0.15) is 0 Å². The third kappa shape index (κ3) is 3.43. The first kappa shape index (κ1) is 14.0. The first-order valence-corrected chi connectivity index (χ1v) is 7.22. The zero-order valence-corrected chi connectivity index (χ0v) is 10.2. The molecule has 0 amide bonds. The smallest absolute Gasteiger partial charge is 0.399 e. The lowest BCUT2D eigenvalue weighted by Crippen LogP contribution is -2.21. The second-order valence-corrected chi connectivity index (χ2v) is 6.48. The zero-order valence-electron chi connectivity index (χ0n) is 8.60. The largest absolute Gasteiger partial charge is 0.519 e. The Morgan fingerprint density at radius 1 is 1.24 bits per heavy atom. The van der Waals surface area contributed by atoms with Crippen LogP contribution in [0.15, 0.2) is 32.9 Å². The SMILES string of the molecule is C[S@](=NS(=O)(=O)C(F)(F)F)c1ccc(N)cc1. The maximum atomic E-state index is 12.1. The van der Waals surface area contributed by atoms with Gasteiger partial charge in [0.05, 0.1) is 0 Å². The van der Waals surface area contributed by atoms with Crippen LogP contribution in [0, 0.1) is 0 Å². The molecule has 0 fully saturated rings. The van der Waals surface area contributed by atoms with Crippen molar-refractivity contribution in [2.75, 3.05) is 12.0 Å². The fourth-order valence-corrected chi connectivity index (χ4v) is 3.29. The molecule has 0 unspecified atom stereocenters. The van der Waals surface area contributed by atoms with E-state index in [9.17, 15) is 21.6 Å². The molecule has 96 valence electrons. The number of alkyl halides is 3. The van der Waals surface area contributed by atoms with Gasteiger partial charge in [-0.05, 0) is 30.5 Å². The van der Waals surface area contributed by atoms with Crippen LogP contribution in [0.25, 0.3) is 0 Å². The van der Waals surface area contributed by atoms with Crippen LogP contribution in [0.4, 0.5) is 18.9 Å². The third-order valence-electron chi connectivity index (χ3n) is 1.72. The highest BCUT2D eigenvalue weighted by atomic mass is 32.3. The molecule has 0 aliphatic heterocycles. The van der Waals surface area contributed by atoms with Crippen LogP contribution in [-0.2, 0) is 20.7 Å². The zero-order chi connectivity index (χ0) is 13.3. The molecule has 0 aliphatic carbocycles. The van der Waals surface area contributed by atoms with Crippen molar-refractivity contribution in [1.29, 1.82) is 0 Å². The van der Waals surface area contributed by atoms with Gasteiger partial charge in [0.2, 0.25) is 0 Å². The number of nitrogen functional groups attached to an aromatic ring is 1. The maximum Gasteiger partial charge on any atom is 0.519 e. The number of nitrogens with zero attached hydrogens (tertiary/aromatic N) is 1. The van der Waals surface area contributed by atoms with E-state index in [0.29, 0.717) is 10.6 Å². The Hall–Kier alpha value is -1.09.